The van der Waals surface area contributed by atoms with Gasteiger partial charge in [-0.25, -0.2) is 0 Å². The van der Waals surface area contributed by atoms with Gasteiger partial charge in [0, 0.05) is 31.1 Å². The predicted octanol–water partition coefficient (Wildman–Crippen LogP) is 2.42. The van der Waals surface area contributed by atoms with Crippen LogP contribution in [0.4, 0.5) is 0 Å². The third kappa shape index (κ3) is 6.20. The van der Waals surface area contributed by atoms with E-state index in [1.807, 2.05) is 11.0 Å². The van der Waals surface area contributed by atoms with Gasteiger partial charge in [-0.2, -0.15) is 0 Å². The van der Waals surface area contributed by atoms with Gasteiger partial charge in [-0.3, -0.25) is 9.59 Å². The predicted molar refractivity (Wildman–Crippen MR) is 92.2 cm³/mol. The lowest BCUT2D eigenvalue weighted by atomic mass is 10.1. The zero-order valence-corrected chi connectivity index (χ0v) is 14.3. The summed E-state index contributed by atoms with van der Waals surface area (Å²) in [5.74, 6) is 0.832. The number of ether oxygens (including phenoxy) is 1. The molecule has 1 atom stereocenters. The molecular weight excluding hydrogens is 316 g/mol. The molecule has 0 radical (unpaired) electrons. The average Bonchev–Trinajstić information content (AvgIpc) is 2.51. The summed E-state index contributed by atoms with van der Waals surface area (Å²) in [4.78, 5) is 25.2. The number of nitrogens with two attached hydrogens (primary N) is 1. The third-order valence-corrected chi connectivity index (χ3v) is 3.85. The van der Waals surface area contributed by atoms with Crippen molar-refractivity contribution in [3.63, 3.8) is 0 Å². The lowest BCUT2D eigenvalue weighted by Crippen LogP contribution is -2.45. The Bertz CT molecular complexity index is 536. The Hall–Kier alpha value is -1.59. The van der Waals surface area contributed by atoms with Gasteiger partial charge in [-0.15, -0.1) is 12.4 Å². The molecule has 1 unspecified atom stereocenters. The van der Waals surface area contributed by atoms with E-state index in [0.29, 0.717) is 37.3 Å². The summed E-state index contributed by atoms with van der Waals surface area (Å²) in [5.41, 5.74) is 6.52. The number of piperidine rings is 1. The van der Waals surface area contributed by atoms with Crippen molar-refractivity contribution in [2.24, 2.45) is 5.73 Å². The minimum absolute atomic E-state index is 0. The quantitative estimate of drug-likeness (QED) is 0.637. The van der Waals surface area contributed by atoms with Crippen molar-refractivity contribution in [1.29, 1.82) is 0 Å². The van der Waals surface area contributed by atoms with Gasteiger partial charge in [0.25, 0.3) is 0 Å². The highest BCUT2D eigenvalue weighted by Gasteiger charge is 2.20. The molecule has 1 aromatic rings. The Morgan fingerprint density at radius 1 is 1.39 bits per heavy atom. The van der Waals surface area contributed by atoms with Gasteiger partial charge in [0.15, 0.2) is 5.78 Å². The zero-order valence-electron chi connectivity index (χ0n) is 13.5. The highest BCUT2D eigenvalue weighted by atomic mass is 35.5. The number of carbonyl (C=O) groups excluding carboxylic acids is 2. The Labute approximate surface area is 143 Å². The normalized spacial score (nSPS) is 17.3. The molecule has 2 rings (SSSR count). The lowest BCUT2D eigenvalue weighted by molar-refractivity contribution is -0.132. The molecule has 5 nitrogen and oxygen atoms in total. The highest BCUT2D eigenvalue weighted by Crippen LogP contribution is 2.15. The van der Waals surface area contributed by atoms with E-state index >= 15 is 0 Å². The Kier molecular flexibility index (Phi) is 8.06. The van der Waals surface area contributed by atoms with E-state index < -0.39 is 0 Å². The summed E-state index contributed by atoms with van der Waals surface area (Å²) in [6.45, 7) is 3.47. The first-order valence-corrected chi connectivity index (χ1v) is 7.83. The molecule has 0 saturated carbocycles. The molecule has 1 heterocycles. The van der Waals surface area contributed by atoms with E-state index in [4.69, 9.17) is 10.5 Å². The molecule has 1 aliphatic rings. The number of halogens is 1. The van der Waals surface area contributed by atoms with Crippen LogP contribution >= 0.6 is 12.4 Å². The summed E-state index contributed by atoms with van der Waals surface area (Å²) in [5, 5.41) is 0. The molecule has 0 aromatic heterocycles. The van der Waals surface area contributed by atoms with Gasteiger partial charge in [-0.05, 0) is 38.3 Å². The smallest absolute Gasteiger partial charge is 0.222 e. The summed E-state index contributed by atoms with van der Waals surface area (Å²) in [6.07, 6.45) is 3.12. The molecule has 1 fully saturated rings. The number of carbonyl (C=O) groups is 2. The molecule has 128 valence electrons. The van der Waals surface area contributed by atoms with Crippen LogP contribution in [-0.4, -0.2) is 42.3 Å². The number of nitrogens with zero attached hydrogens (tertiary/aromatic N) is 1. The van der Waals surface area contributed by atoms with Crippen LogP contribution in [0.3, 0.4) is 0 Å². The Balaban J connectivity index is 0.00000264. The molecule has 1 amide bonds. The number of hydrogen-bond acceptors (Lipinski definition) is 4. The third-order valence-electron chi connectivity index (χ3n) is 3.85. The molecule has 2 N–H and O–H groups in total. The van der Waals surface area contributed by atoms with Crippen molar-refractivity contribution in [2.45, 2.75) is 38.6 Å². The minimum atomic E-state index is 0. The van der Waals surface area contributed by atoms with Crippen molar-refractivity contribution < 1.29 is 14.3 Å². The fraction of sp³-hybridized carbons (Fsp3) is 0.529. The summed E-state index contributed by atoms with van der Waals surface area (Å²) >= 11 is 0. The first-order valence-electron chi connectivity index (χ1n) is 7.83. The molecule has 23 heavy (non-hydrogen) atoms. The van der Waals surface area contributed by atoms with Crippen LogP contribution in [0, 0.1) is 0 Å². The van der Waals surface area contributed by atoms with Crippen LogP contribution in [0.25, 0.3) is 0 Å². The number of benzene rings is 1. The fourth-order valence-corrected chi connectivity index (χ4v) is 2.61. The van der Waals surface area contributed by atoms with E-state index in [1.54, 1.807) is 18.2 Å². The van der Waals surface area contributed by atoms with Crippen LogP contribution < -0.4 is 10.5 Å². The van der Waals surface area contributed by atoms with Crippen LogP contribution in [0.1, 0.15) is 43.0 Å². The van der Waals surface area contributed by atoms with Gasteiger partial charge >= 0.3 is 0 Å². The van der Waals surface area contributed by atoms with E-state index in [1.165, 1.54) is 6.92 Å². The SMILES string of the molecule is CC(=O)c1cccc(OCCCC(=O)N2CCCC(N)C2)c1.Cl. The van der Waals surface area contributed by atoms with Crippen molar-refractivity contribution in [1.82, 2.24) is 4.90 Å². The standard InChI is InChI=1S/C17H24N2O3.ClH/c1-13(20)14-5-2-7-16(11-14)22-10-4-8-17(21)19-9-3-6-15(18)12-19;/h2,5,7,11,15H,3-4,6,8-10,12,18H2,1H3;1H. The monoisotopic (exact) mass is 340 g/mol. The molecule has 0 bridgehead atoms. The molecule has 6 heteroatoms. The van der Waals surface area contributed by atoms with Crippen LogP contribution in [0.2, 0.25) is 0 Å². The first kappa shape index (κ1) is 19.5. The topological polar surface area (TPSA) is 72.6 Å². The maximum absolute atomic E-state index is 12.1. The molecule has 0 spiro atoms. The fourth-order valence-electron chi connectivity index (χ4n) is 2.61. The van der Waals surface area contributed by atoms with Crippen molar-refractivity contribution >= 4 is 24.1 Å². The van der Waals surface area contributed by atoms with Gasteiger partial charge < -0.3 is 15.4 Å². The summed E-state index contributed by atoms with van der Waals surface area (Å²) in [6, 6.07) is 7.22. The average molecular weight is 341 g/mol. The number of Topliss-reactive ketones (excluding diaryl/α,β-unsaturated/α-hetero) is 1. The number of ketones is 1. The minimum Gasteiger partial charge on any atom is -0.494 e. The van der Waals surface area contributed by atoms with E-state index in [-0.39, 0.29) is 30.1 Å². The first-order chi connectivity index (χ1) is 10.6. The van der Waals surface area contributed by atoms with Crippen LogP contribution in [0.5, 0.6) is 5.75 Å². The van der Waals surface area contributed by atoms with Gasteiger partial charge in [0.2, 0.25) is 5.91 Å². The van der Waals surface area contributed by atoms with E-state index in [9.17, 15) is 9.59 Å². The summed E-state index contributed by atoms with van der Waals surface area (Å²) < 4.78 is 5.61. The van der Waals surface area contributed by atoms with Crippen molar-refractivity contribution in [3.8, 4) is 5.75 Å². The number of amides is 1. The summed E-state index contributed by atoms with van der Waals surface area (Å²) in [7, 11) is 0. The second kappa shape index (κ2) is 9.53. The highest BCUT2D eigenvalue weighted by molar-refractivity contribution is 5.94. The maximum atomic E-state index is 12.1. The number of likely N-dealkylation sites (tertiary alicyclic amines) is 1. The molecule has 0 aliphatic carbocycles. The second-order valence-electron chi connectivity index (χ2n) is 5.78. The largest absolute Gasteiger partial charge is 0.494 e. The lowest BCUT2D eigenvalue weighted by Gasteiger charge is -2.30. The Morgan fingerprint density at radius 2 is 2.17 bits per heavy atom. The number of hydrogen-bond donors (Lipinski definition) is 1. The maximum Gasteiger partial charge on any atom is 0.222 e. The van der Waals surface area contributed by atoms with Crippen molar-refractivity contribution in [2.75, 3.05) is 19.7 Å². The van der Waals surface area contributed by atoms with E-state index in [2.05, 4.69) is 0 Å². The van der Waals surface area contributed by atoms with Gasteiger partial charge in [-0.1, -0.05) is 12.1 Å². The second-order valence-corrected chi connectivity index (χ2v) is 5.78. The van der Waals surface area contributed by atoms with Crippen LogP contribution in [-0.2, 0) is 4.79 Å². The molecular formula is C17H25ClN2O3. The van der Waals surface area contributed by atoms with Crippen molar-refractivity contribution in [3.05, 3.63) is 29.8 Å². The van der Waals surface area contributed by atoms with Gasteiger partial charge in [0.1, 0.15) is 5.75 Å². The number of rotatable bonds is 6. The Morgan fingerprint density at radius 3 is 2.87 bits per heavy atom. The van der Waals surface area contributed by atoms with Crippen LogP contribution in [0.15, 0.2) is 24.3 Å². The zero-order chi connectivity index (χ0) is 15.9. The molecule has 1 aliphatic heterocycles. The van der Waals surface area contributed by atoms with Gasteiger partial charge in [0.05, 0.1) is 6.61 Å². The molecule has 1 aromatic carbocycles. The van der Waals surface area contributed by atoms with E-state index in [0.717, 1.165) is 19.4 Å². The molecule has 1 saturated heterocycles.